The number of carbonyl (C=O) groups is 1. The van der Waals surface area contributed by atoms with Crippen LogP contribution in [0.15, 0.2) is 30.3 Å². The highest BCUT2D eigenvalue weighted by molar-refractivity contribution is 5.76. The summed E-state index contributed by atoms with van der Waals surface area (Å²) in [4.78, 5) is 11.9. The second-order valence-corrected chi connectivity index (χ2v) is 4.87. The Bertz CT molecular complexity index is 394. The number of rotatable bonds is 6. The van der Waals surface area contributed by atoms with Gasteiger partial charge in [-0.2, -0.15) is 0 Å². The second kappa shape index (κ2) is 7.26. The van der Waals surface area contributed by atoms with Crippen LogP contribution < -0.4 is 10.6 Å². The summed E-state index contributed by atoms with van der Waals surface area (Å²) in [5.74, 6) is 0.117. The standard InChI is InChI=1S/C15H22N2O2/c1-16-10-5-8-14(18)17-13-9-11-19-15(13)12-6-3-2-4-7-12/h2-4,6-7,13,15-16H,5,8-11H2,1H3,(H,17,18). The minimum atomic E-state index is -0.00514. The smallest absolute Gasteiger partial charge is 0.220 e. The summed E-state index contributed by atoms with van der Waals surface area (Å²) in [6.07, 6.45) is 2.32. The lowest BCUT2D eigenvalue weighted by atomic mass is 10.0. The van der Waals surface area contributed by atoms with Gasteiger partial charge in [0.1, 0.15) is 6.10 Å². The van der Waals surface area contributed by atoms with E-state index in [1.165, 1.54) is 0 Å². The van der Waals surface area contributed by atoms with E-state index in [0.29, 0.717) is 13.0 Å². The third kappa shape index (κ3) is 4.04. The molecule has 1 heterocycles. The van der Waals surface area contributed by atoms with Crippen LogP contribution >= 0.6 is 0 Å². The van der Waals surface area contributed by atoms with Crippen LogP contribution in [-0.4, -0.2) is 32.1 Å². The largest absolute Gasteiger partial charge is 0.371 e. The van der Waals surface area contributed by atoms with Crippen molar-refractivity contribution in [1.82, 2.24) is 10.6 Å². The molecule has 0 aromatic heterocycles. The predicted octanol–water partition coefficient (Wildman–Crippen LogP) is 1.63. The molecule has 1 aromatic rings. The van der Waals surface area contributed by atoms with Gasteiger partial charge in [0, 0.05) is 13.0 Å². The summed E-state index contributed by atoms with van der Waals surface area (Å²) in [6, 6.07) is 10.2. The number of hydrogen-bond donors (Lipinski definition) is 2. The van der Waals surface area contributed by atoms with Gasteiger partial charge in [0.05, 0.1) is 6.04 Å². The summed E-state index contributed by atoms with van der Waals surface area (Å²) in [7, 11) is 1.90. The van der Waals surface area contributed by atoms with E-state index in [-0.39, 0.29) is 18.1 Å². The molecule has 2 unspecified atom stereocenters. The first kappa shape index (κ1) is 14.0. The first-order valence-electron chi connectivity index (χ1n) is 6.92. The zero-order chi connectivity index (χ0) is 13.5. The molecule has 1 saturated heterocycles. The minimum Gasteiger partial charge on any atom is -0.371 e. The number of amides is 1. The number of benzene rings is 1. The van der Waals surface area contributed by atoms with Gasteiger partial charge in [-0.3, -0.25) is 4.79 Å². The Balaban J connectivity index is 1.87. The molecule has 4 heteroatoms. The van der Waals surface area contributed by atoms with Gasteiger partial charge in [-0.25, -0.2) is 0 Å². The van der Waals surface area contributed by atoms with Crippen LogP contribution in [0.2, 0.25) is 0 Å². The maximum atomic E-state index is 11.9. The molecule has 2 atom stereocenters. The van der Waals surface area contributed by atoms with Gasteiger partial charge >= 0.3 is 0 Å². The highest BCUT2D eigenvalue weighted by atomic mass is 16.5. The normalized spacial score (nSPS) is 22.4. The van der Waals surface area contributed by atoms with Crippen molar-refractivity contribution in [2.75, 3.05) is 20.2 Å². The first-order valence-corrected chi connectivity index (χ1v) is 6.92. The molecule has 1 aromatic carbocycles. The van der Waals surface area contributed by atoms with Crippen LogP contribution in [0.1, 0.15) is 30.9 Å². The molecule has 1 aliphatic heterocycles. The van der Waals surface area contributed by atoms with Crippen LogP contribution in [0.4, 0.5) is 0 Å². The van der Waals surface area contributed by atoms with Crippen molar-refractivity contribution in [3.63, 3.8) is 0 Å². The van der Waals surface area contributed by atoms with E-state index in [0.717, 1.165) is 24.9 Å². The van der Waals surface area contributed by atoms with Gasteiger partial charge in [-0.15, -0.1) is 0 Å². The molecular formula is C15H22N2O2. The number of nitrogens with one attached hydrogen (secondary N) is 2. The maximum Gasteiger partial charge on any atom is 0.220 e. The second-order valence-electron chi connectivity index (χ2n) is 4.87. The van der Waals surface area contributed by atoms with E-state index >= 15 is 0 Å². The quantitative estimate of drug-likeness (QED) is 0.766. The Hall–Kier alpha value is -1.39. The van der Waals surface area contributed by atoms with Gasteiger partial charge in [0.2, 0.25) is 5.91 Å². The Morgan fingerprint density at radius 3 is 2.89 bits per heavy atom. The fourth-order valence-corrected chi connectivity index (χ4v) is 2.41. The van der Waals surface area contributed by atoms with Crippen molar-refractivity contribution >= 4 is 5.91 Å². The molecule has 0 radical (unpaired) electrons. The van der Waals surface area contributed by atoms with Crippen molar-refractivity contribution in [2.45, 2.75) is 31.4 Å². The van der Waals surface area contributed by atoms with Crippen molar-refractivity contribution in [1.29, 1.82) is 0 Å². The molecule has 2 N–H and O–H groups in total. The average molecular weight is 262 g/mol. The van der Waals surface area contributed by atoms with Crippen molar-refractivity contribution in [3.05, 3.63) is 35.9 Å². The average Bonchev–Trinajstić information content (AvgIpc) is 2.88. The summed E-state index contributed by atoms with van der Waals surface area (Å²) in [6.45, 7) is 1.58. The molecule has 0 saturated carbocycles. The highest BCUT2D eigenvalue weighted by Crippen LogP contribution is 2.28. The number of hydrogen-bond acceptors (Lipinski definition) is 3. The molecule has 0 aliphatic carbocycles. The molecule has 104 valence electrons. The zero-order valence-electron chi connectivity index (χ0n) is 11.4. The Morgan fingerprint density at radius 2 is 2.16 bits per heavy atom. The summed E-state index contributed by atoms with van der Waals surface area (Å²) in [5.41, 5.74) is 1.14. The van der Waals surface area contributed by atoms with Gasteiger partial charge < -0.3 is 15.4 Å². The van der Waals surface area contributed by atoms with Crippen LogP contribution in [0.3, 0.4) is 0 Å². The zero-order valence-corrected chi connectivity index (χ0v) is 11.4. The lowest BCUT2D eigenvalue weighted by Crippen LogP contribution is -2.36. The topological polar surface area (TPSA) is 50.4 Å². The molecule has 1 fully saturated rings. The van der Waals surface area contributed by atoms with Gasteiger partial charge in [-0.1, -0.05) is 30.3 Å². The molecule has 4 nitrogen and oxygen atoms in total. The van der Waals surface area contributed by atoms with Crippen molar-refractivity contribution in [2.24, 2.45) is 0 Å². The maximum absolute atomic E-state index is 11.9. The van der Waals surface area contributed by atoms with Crippen molar-refractivity contribution < 1.29 is 9.53 Å². The third-order valence-electron chi connectivity index (χ3n) is 3.40. The lowest BCUT2D eigenvalue weighted by Gasteiger charge is -2.20. The highest BCUT2D eigenvalue weighted by Gasteiger charge is 2.30. The van der Waals surface area contributed by atoms with Gasteiger partial charge in [0.25, 0.3) is 0 Å². The predicted molar refractivity (Wildman–Crippen MR) is 74.8 cm³/mol. The van der Waals surface area contributed by atoms with Crippen LogP contribution in [0.25, 0.3) is 0 Å². The molecule has 2 rings (SSSR count). The van der Waals surface area contributed by atoms with Crippen LogP contribution in [0, 0.1) is 0 Å². The fourth-order valence-electron chi connectivity index (χ4n) is 2.41. The van der Waals surface area contributed by atoms with E-state index < -0.39 is 0 Å². The van der Waals surface area contributed by atoms with Gasteiger partial charge in [0.15, 0.2) is 0 Å². The van der Waals surface area contributed by atoms with Gasteiger partial charge in [-0.05, 0) is 32.0 Å². The Kier molecular flexibility index (Phi) is 5.36. The van der Waals surface area contributed by atoms with Crippen molar-refractivity contribution in [3.8, 4) is 0 Å². The Morgan fingerprint density at radius 1 is 1.37 bits per heavy atom. The summed E-state index contributed by atoms with van der Waals surface area (Å²) < 4.78 is 5.75. The fraction of sp³-hybridized carbons (Fsp3) is 0.533. The lowest BCUT2D eigenvalue weighted by molar-refractivity contribution is -0.122. The first-order chi connectivity index (χ1) is 9.31. The molecule has 0 bridgehead atoms. The number of ether oxygens (including phenoxy) is 1. The molecule has 1 amide bonds. The molecular weight excluding hydrogens is 240 g/mol. The summed E-state index contributed by atoms with van der Waals surface area (Å²) >= 11 is 0. The SMILES string of the molecule is CNCCCC(=O)NC1CCOC1c1ccccc1. The molecule has 1 aliphatic rings. The van der Waals surface area contributed by atoms with Crippen LogP contribution in [-0.2, 0) is 9.53 Å². The van der Waals surface area contributed by atoms with Crippen LogP contribution in [0.5, 0.6) is 0 Å². The van der Waals surface area contributed by atoms with E-state index in [1.54, 1.807) is 0 Å². The Labute approximate surface area is 114 Å². The van der Waals surface area contributed by atoms with E-state index in [2.05, 4.69) is 22.8 Å². The van der Waals surface area contributed by atoms with E-state index in [4.69, 9.17) is 4.74 Å². The number of carbonyl (C=O) groups excluding carboxylic acids is 1. The monoisotopic (exact) mass is 262 g/mol. The molecule has 0 spiro atoms. The van der Waals surface area contributed by atoms with E-state index in [9.17, 15) is 4.79 Å². The molecule has 19 heavy (non-hydrogen) atoms. The van der Waals surface area contributed by atoms with E-state index in [1.807, 2.05) is 25.2 Å². The minimum absolute atomic E-state index is 0.00514. The summed E-state index contributed by atoms with van der Waals surface area (Å²) in [5, 5.41) is 6.14. The third-order valence-corrected chi connectivity index (χ3v) is 3.40.